The van der Waals surface area contributed by atoms with Crippen molar-refractivity contribution >= 4 is 11.9 Å². The first-order valence-electron chi connectivity index (χ1n) is 6.29. The van der Waals surface area contributed by atoms with Gasteiger partial charge in [0.1, 0.15) is 5.75 Å². The molecular formula is C15H13F3O2. The van der Waals surface area contributed by atoms with Crippen LogP contribution >= 0.6 is 0 Å². The molecule has 0 N–H and O–H groups in total. The highest BCUT2D eigenvalue weighted by Gasteiger charge is 2.14. The molecule has 20 heavy (non-hydrogen) atoms. The molecule has 1 saturated carbocycles. The minimum absolute atomic E-state index is 0.0209. The maximum Gasteiger partial charge on any atom is 0.344 e. The van der Waals surface area contributed by atoms with Gasteiger partial charge in [-0.3, -0.25) is 4.79 Å². The number of Topliss-reactive ketones (excluding diaryl/α,β-unsaturated/α-hetero) is 1. The van der Waals surface area contributed by atoms with Crippen molar-refractivity contribution in [1.82, 2.24) is 0 Å². The van der Waals surface area contributed by atoms with Crippen LogP contribution in [0.1, 0.15) is 31.2 Å². The Kier molecular flexibility index (Phi) is 4.61. The molecule has 0 spiro atoms. The molecule has 0 saturated heterocycles. The van der Waals surface area contributed by atoms with Gasteiger partial charge in [-0.1, -0.05) is 12.1 Å². The monoisotopic (exact) mass is 282 g/mol. The fourth-order valence-electron chi connectivity index (χ4n) is 2.03. The molecule has 1 aromatic rings. The van der Waals surface area contributed by atoms with Crippen molar-refractivity contribution in [2.24, 2.45) is 0 Å². The molecule has 0 amide bonds. The number of hydrogen-bond acceptors (Lipinski definition) is 2. The van der Waals surface area contributed by atoms with Gasteiger partial charge < -0.3 is 4.74 Å². The summed E-state index contributed by atoms with van der Waals surface area (Å²) in [7, 11) is 0. The highest BCUT2D eigenvalue weighted by atomic mass is 19.3. The molecule has 2 nitrogen and oxygen atoms in total. The highest BCUT2D eigenvalue weighted by Crippen LogP contribution is 2.24. The Labute approximate surface area is 114 Å². The van der Waals surface area contributed by atoms with E-state index in [0.29, 0.717) is 6.42 Å². The van der Waals surface area contributed by atoms with Crippen molar-refractivity contribution in [3.8, 4) is 5.75 Å². The second-order valence-electron chi connectivity index (χ2n) is 4.51. The van der Waals surface area contributed by atoms with Crippen molar-refractivity contribution in [2.75, 3.05) is 0 Å². The molecule has 1 aliphatic carbocycles. The van der Waals surface area contributed by atoms with Crippen molar-refractivity contribution in [3.63, 3.8) is 0 Å². The van der Waals surface area contributed by atoms with E-state index in [1.807, 2.05) is 0 Å². The van der Waals surface area contributed by atoms with Gasteiger partial charge in [0.15, 0.2) is 5.78 Å². The summed E-state index contributed by atoms with van der Waals surface area (Å²) in [6, 6.07) is 4.03. The minimum atomic E-state index is -2.50. The normalized spacial score (nSPS) is 17.1. The van der Waals surface area contributed by atoms with E-state index in [1.54, 1.807) is 18.2 Å². The smallest absolute Gasteiger partial charge is 0.344 e. The molecule has 106 valence electrons. The zero-order valence-electron chi connectivity index (χ0n) is 10.7. The molecule has 0 aliphatic heterocycles. The number of hydrogen-bond donors (Lipinski definition) is 0. The summed E-state index contributed by atoms with van der Waals surface area (Å²) >= 11 is 0. The first kappa shape index (κ1) is 14.4. The van der Waals surface area contributed by atoms with Crippen LogP contribution in [-0.2, 0) is 4.79 Å². The maximum atomic E-state index is 12.6. The van der Waals surface area contributed by atoms with Gasteiger partial charge in [0.05, 0.1) is 0 Å². The Hall–Kier alpha value is -2.04. The molecule has 1 aromatic carbocycles. The van der Waals surface area contributed by atoms with Gasteiger partial charge in [0, 0.05) is 6.42 Å². The van der Waals surface area contributed by atoms with E-state index in [4.69, 9.17) is 0 Å². The van der Waals surface area contributed by atoms with Crippen LogP contribution in [0, 0.1) is 0 Å². The lowest BCUT2D eigenvalue weighted by Gasteiger charge is -2.12. The maximum absolute atomic E-state index is 12.6. The lowest BCUT2D eigenvalue weighted by Crippen LogP contribution is -2.07. The van der Waals surface area contributed by atoms with Gasteiger partial charge in [-0.15, -0.1) is 0 Å². The molecule has 1 fully saturated rings. The second kappa shape index (κ2) is 6.41. The number of carbonyl (C=O) groups excluding carboxylic acids is 1. The second-order valence-corrected chi connectivity index (χ2v) is 4.51. The van der Waals surface area contributed by atoms with Crippen LogP contribution in [0.3, 0.4) is 0 Å². The van der Waals surface area contributed by atoms with Crippen LogP contribution in [0.4, 0.5) is 13.2 Å². The average molecular weight is 282 g/mol. The minimum Gasteiger partial charge on any atom is -0.428 e. The van der Waals surface area contributed by atoms with Crippen LogP contribution in [0.25, 0.3) is 6.08 Å². The van der Waals surface area contributed by atoms with Crippen molar-refractivity contribution in [3.05, 3.63) is 47.5 Å². The summed E-state index contributed by atoms with van der Waals surface area (Å²) in [5, 5.41) is 0. The van der Waals surface area contributed by atoms with Crippen molar-refractivity contribution in [1.29, 1.82) is 0 Å². The fraction of sp³-hybridized carbons (Fsp3) is 0.267. The van der Waals surface area contributed by atoms with Gasteiger partial charge >= 0.3 is 12.1 Å². The number of ketones is 1. The van der Waals surface area contributed by atoms with E-state index in [0.717, 1.165) is 30.4 Å². The summed E-state index contributed by atoms with van der Waals surface area (Å²) in [4.78, 5) is 11.7. The SMILES string of the molecule is O=C1CCCCC1=Cc1ccc(OC(F)=C(F)F)cc1. The predicted molar refractivity (Wildman–Crippen MR) is 68.9 cm³/mol. The lowest BCUT2D eigenvalue weighted by molar-refractivity contribution is -0.116. The lowest BCUT2D eigenvalue weighted by atomic mass is 9.92. The number of halogens is 3. The Morgan fingerprint density at radius 2 is 1.70 bits per heavy atom. The average Bonchev–Trinajstić information content (AvgIpc) is 2.43. The number of carbonyl (C=O) groups is 1. The Morgan fingerprint density at radius 3 is 2.30 bits per heavy atom. The van der Waals surface area contributed by atoms with Crippen LogP contribution in [0.2, 0.25) is 0 Å². The summed E-state index contributed by atoms with van der Waals surface area (Å²) in [5.74, 6) is 0.123. The number of rotatable bonds is 3. The van der Waals surface area contributed by atoms with Gasteiger partial charge in [0.2, 0.25) is 0 Å². The largest absolute Gasteiger partial charge is 0.428 e. The quantitative estimate of drug-likeness (QED) is 0.597. The molecule has 2 rings (SSSR count). The van der Waals surface area contributed by atoms with E-state index < -0.39 is 12.1 Å². The van der Waals surface area contributed by atoms with Gasteiger partial charge in [-0.25, -0.2) is 0 Å². The summed E-state index contributed by atoms with van der Waals surface area (Å²) in [6.07, 6.45) is 2.51. The van der Waals surface area contributed by atoms with E-state index in [-0.39, 0.29) is 11.5 Å². The summed E-state index contributed by atoms with van der Waals surface area (Å²) in [5.41, 5.74) is 1.53. The van der Waals surface area contributed by atoms with Crippen LogP contribution in [-0.4, -0.2) is 5.78 Å². The third-order valence-electron chi connectivity index (χ3n) is 3.04. The van der Waals surface area contributed by atoms with Crippen LogP contribution < -0.4 is 4.74 Å². The molecule has 1 aliphatic rings. The Balaban J connectivity index is 2.10. The van der Waals surface area contributed by atoms with Gasteiger partial charge in [-0.05, 0) is 48.6 Å². The van der Waals surface area contributed by atoms with Gasteiger partial charge in [0.25, 0.3) is 0 Å². The zero-order chi connectivity index (χ0) is 14.5. The number of benzene rings is 1. The zero-order valence-corrected chi connectivity index (χ0v) is 10.7. The highest BCUT2D eigenvalue weighted by molar-refractivity contribution is 6.00. The topological polar surface area (TPSA) is 26.3 Å². The third kappa shape index (κ3) is 3.73. The summed E-state index contributed by atoms with van der Waals surface area (Å²) < 4.78 is 40.7. The van der Waals surface area contributed by atoms with E-state index >= 15 is 0 Å². The van der Waals surface area contributed by atoms with E-state index in [2.05, 4.69) is 4.74 Å². The Morgan fingerprint density at radius 1 is 1.05 bits per heavy atom. The molecule has 5 heteroatoms. The first-order valence-corrected chi connectivity index (χ1v) is 6.29. The van der Waals surface area contributed by atoms with Crippen LogP contribution in [0.15, 0.2) is 41.9 Å². The molecule has 0 bridgehead atoms. The predicted octanol–water partition coefficient (Wildman–Crippen LogP) is 4.63. The molecule has 0 atom stereocenters. The van der Waals surface area contributed by atoms with Gasteiger partial charge in [-0.2, -0.15) is 13.2 Å². The Bertz CT molecular complexity index is 555. The van der Waals surface area contributed by atoms with Crippen LogP contribution in [0.5, 0.6) is 5.75 Å². The molecular weight excluding hydrogens is 269 g/mol. The molecule has 0 heterocycles. The first-order chi connectivity index (χ1) is 9.56. The molecule has 0 radical (unpaired) electrons. The van der Waals surface area contributed by atoms with Crippen molar-refractivity contribution < 1.29 is 22.7 Å². The molecule has 0 unspecified atom stereocenters. The van der Waals surface area contributed by atoms with E-state index in [9.17, 15) is 18.0 Å². The fourth-order valence-corrected chi connectivity index (χ4v) is 2.03. The number of allylic oxidation sites excluding steroid dienone is 1. The third-order valence-corrected chi connectivity index (χ3v) is 3.04. The summed E-state index contributed by atoms with van der Waals surface area (Å²) in [6.45, 7) is 0. The number of ether oxygens (including phenoxy) is 1. The molecule has 0 aromatic heterocycles. The van der Waals surface area contributed by atoms with E-state index in [1.165, 1.54) is 12.1 Å². The standard InChI is InChI=1S/C15H13F3O2/c16-14(17)15(18)20-12-7-5-10(6-8-12)9-11-3-1-2-4-13(11)19/h5-9H,1-4H2. The van der Waals surface area contributed by atoms with Crippen molar-refractivity contribution in [2.45, 2.75) is 25.7 Å².